The van der Waals surface area contributed by atoms with Gasteiger partial charge in [0, 0.05) is 25.5 Å². The molecule has 0 amide bonds. The molecule has 39 heavy (non-hydrogen) atoms. The van der Waals surface area contributed by atoms with Crippen LogP contribution in [-0.2, 0) is 12.1 Å². The summed E-state index contributed by atoms with van der Waals surface area (Å²) >= 11 is 0. The van der Waals surface area contributed by atoms with Gasteiger partial charge in [-0.3, -0.25) is 14.6 Å². The first-order valence-electron chi connectivity index (χ1n) is 13.5. The maximum absolute atomic E-state index is 11.1. The second-order valence-corrected chi connectivity index (χ2v) is 10.0. The van der Waals surface area contributed by atoms with Gasteiger partial charge >= 0.3 is 0 Å². The summed E-state index contributed by atoms with van der Waals surface area (Å²) in [5.41, 5.74) is 5.87. The van der Waals surface area contributed by atoms with E-state index in [0.717, 1.165) is 23.5 Å². The van der Waals surface area contributed by atoms with E-state index in [9.17, 15) is 5.11 Å². The van der Waals surface area contributed by atoms with Gasteiger partial charge in [0.15, 0.2) is 0 Å². The van der Waals surface area contributed by atoms with E-state index >= 15 is 0 Å². The smallest absolute Gasteiger partial charge is 0.0975 e. The average Bonchev–Trinajstić information content (AvgIpc) is 3.44. The molecule has 1 atom stereocenters. The lowest BCUT2D eigenvalue weighted by molar-refractivity contribution is 0.0871. The van der Waals surface area contributed by atoms with Crippen LogP contribution in [0.5, 0.6) is 0 Å². The Labute approximate surface area is 229 Å². The molecule has 0 radical (unpaired) electrons. The molecular weight excluding hydrogens is 480 g/mol. The third-order valence-electron chi connectivity index (χ3n) is 7.57. The number of hydrogen-bond acceptors (Lipinski definition) is 4. The van der Waals surface area contributed by atoms with Crippen molar-refractivity contribution in [2.24, 2.45) is 0 Å². The summed E-state index contributed by atoms with van der Waals surface area (Å²) < 4.78 is 1.89. The van der Waals surface area contributed by atoms with Gasteiger partial charge in [-0.15, -0.1) is 0 Å². The molecule has 1 saturated heterocycles. The van der Waals surface area contributed by atoms with Crippen LogP contribution in [0.1, 0.15) is 34.5 Å². The minimum absolute atomic E-state index is 0.512. The minimum Gasteiger partial charge on any atom is -0.389 e. The van der Waals surface area contributed by atoms with Gasteiger partial charge in [0.2, 0.25) is 0 Å². The summed E-state index contributed by atoms with van der Waals surface area (Å²) in [4.78, 5) is 6.92. The minimum atomic E-state index is -0.513. The fourth-order valence-electron chi connectivity index (χ4n) is 5.77. The van der Waals surface area contributed by atoms with E-state index in [0.29, 0.717) is 19.5 Å². The molecule has 194 valence electrons. The van der Waals surface area contributed by atoms with Crippen LogP contribution < -0.4 is 0 Å². The molecule has 0 bridgehead atoms. The Balaban J connectivity index is 1.40. The Bertz CT molecular complexity index is 1420. The van der Waals surface area contributed by atoms with Crippen molar-refractivity contribution in [1.82, 2.24) is 19.7 Å². The van der Waals surface area contributed by atoms with Gasteiger partial charge in [-0.05, 0) is 53.0 Å². The van der Waals surface area contributed by atoms with Crippen molar-refractivity contribution >= 4 is 6.08 Å². The molecule has 0 aliphatic carbocycles. The Kier molecular flexibility index (Phi) is 7.17. The molecule has 1 N–H and O–H groups in total. The SMILES string of the molecule is OC1CCN(C(c2ccccc2)(c2ccccc2)c2ccccc2)CC1=Cc1ccn(Cc2ccccn2)n1. The topological polar surface area (TPSA) is 54.2 Å². The standard InChI is InChI=1S/C34H32N4O/c39-33-20-22-37(25-27(33)24-31-19-23-38(36-31)26-32-18-10-11-21-35-32)34(28-12-4-1-5-13-28,29-14-6-2-7-15-29)30-16-8-3-9-17-30/h1-19,21,23-24,33,39H,20,22,25-26H2. The third kappa shape index (κ3) is 5.07. The van der Waals surface area contributed by atoms with Gasteiger partial charge < -0.3 is 5.11 Å². The number of pyridine rings is 1. The zero-order valence-corrected chi connectivity index (χ0v) is 21.8. The third-order valence-corrected chi connectivity index (χ3v) is 7.57. The van der Waals surface area contributed by atoms with Crippen molar-refractivity contribution in [3.8, 4) is 0 Å². The van der Waals surface area contributed by atoms with Crippen molar-refractivity contribution < 1.29 is 5.11 Å². The molecule has 5 aromatic rings. The number of piperidine rings is 1. The molecule has 1 unspecified atom stereocenters. The number of benzene rings is 3. The first kappa shape index (κ1) is 25.0. The fourth-order valence-corrected chi connectivity index (χ4v) is 5.77. The molecular formula is C34H32N4O. The normalized spacial score (nSPS) is 17.4. The maximum atomic E-state index is 11.1. The molecule has 5 nitrogen and oxygen atoms in total. The maximum Gasteiger partial charge on any atom is 0.0975 e. The first-order valence-corrected chi connectivity index (χ1v) is 13.5. The van der Waals surface area contributed by atoms with Crippen LogP contribution in [0.4, 0.5) is 0 Å². The summed E-state index contributed by atoms with van der Waals surface area (Å²) in [6, 6.07) is 40.1. The van der Waals surface area contributed by atoms with Crippen molar-refractivity contribution in [3.63, 3.8) is 0 Å². The quantitative estimate of drug-likeness (QED) is 0.281. The average molecular weight is 513 g/mol. The number of aliphatic hydroxyl groups excluding tert-OH is 1. The Morgan fingerprint density at radius 3 is 1.92 bits per heavy atom. The molecule has 5 heteroatoms. The highest BCUT2D eigenvalue weighted by Gasteiger charge is 2.44. The van der Waals surface area contributed by atoms with Gasteiger partial charge in [0.25, 0.3) is 0 Å². The fraction of sp³-hybridized carbons (Fsp3) is 0.176. The van der Waals surface area contributed by atoms with Crippen LogP contribution in [0.25, 0.3) is 6.08 Å². The largest absolute Gasteiger partial charge is 0.389 e. The zero-order valence-electron chi connectivity index (χ0n) is 21.8. The van der Waals surface area contributed by atoms with Crippen molar-refractivity contribution in [1.29, 1.82) is 0 Å². The molecule has 3 heterocycles. The van der Waals surface area contributed by atoms with Crippen molar-refractivity contribution in [2.75, 3.05) is 13.1 Å². The lowest BCUT2D eigenvalue weighted by Gasteiger charge is -2.48. The predicted molar refractivity (Wildman–Crippen MR) is 155 cm³/mol. The van der Waals surface area contributed by atoms with Gasteiger partial charge in [-0.1, -0.05) is 97.1 Å². The lowest BCUT2D eigenvalue weighted by atomic mass is 9.74. The molecule has 2 aromatic heterocycles. The summed E-state index contributed by atoms with van der Waals surface area (Å²) in [5, 5.41) is 15.9. The zero-order chi connectivity index (χ0) is 26.5. The van der Waals surface area contributed by atoms with Gasteiger partial charge in [-0.2, -0.15) is 5.10 Å². The van der Waals surface area contributed by atoms with Gasteiger partial charge in [0.05, 0.1) is 29.6 Å². The number of aliphatic hydroxyl groups is 1. The van der Waals surface area contributed by atoms with E-state index in [1.54, 1.807) is 6.20 Å². The molecule has 0 saturated carbocycles. The van der Waals surface area contributed by atoms with Gasteiger partial charge in [-0.25, -0.2) is 0 Å². The van der Waals surface area contributed by atoms with Crippen LogP contribution in [0, 0.1) is 0 Å². The summed E-state index contributed by atoms with van der Waals surface area (Å²) in [6.07, 6.45) is 5.96. The van der Waals surface area contributed by atoms with Crippen molar-refractivity contribution in [3.05, 3.63) is 161 Å². The highest BCUT2D eigenvalue weighted by molar-refractivity contribution is 5.54. The summed E-state index contributed by atoms with van der Waals surface area (Å²) in [5.74, 6) is 0. The monoisotopic (exact) mass is 512 g/mol. The van der Waals surface area contributed by atoms with Crippen LogP contribution in [-0.4, -0.2) is 44.0 Å². The molecule has 6 rings (SSSR count). The molecule has 1 fully saturated rings. The Morgan fingerprint density at radius 1 is 0.769 bits per heavy atom. The predicted octanol–water partition coefficient (Wildman–Crippen LogP) is 5.77. The highest BCUT2D eigenvalue weighted by Crippen LogP contribution is 2.44. The van der Waals surface area contributed by atoms with E-state index in [-0.39, 0.29) is 0 Å². The second-order valence-electron chi connectivity index (χ2n) is 10.0. The van der Waals surface area contributed by atoms with E-state index in [1.807, 2.05) is 35.1 Å². The number of hydrogen-bond donors (Lipinski definition) is 1. The highest BCUT2D eigenvalue weighted by atomic mass is 16.3. The summed E-state index contributed by atoms with van der Waals surface area (Å²) in [6.45, 7) is 1.98. The van der Waals surface area contributed by atoms with Crippen LogP contribution >= 0.6 is 0 Å². The lowest BCUT2D eigenvalue weighted by Crippen LogP contribution is -2.52. The summed E-state index contributed by atoms with van der Waals surface area (Å²) in [7, 11) is 0. The van der Waals surface area contributed by atoms with Crippen LogP contribution in [0.15, 0.2) is 133 Å². The van der Waals surface area contributed by atoms with Gasteiger partial charge in [0.1, 0.15) is 0 Å². The molecule has 3 aromatic carbocycles. The molecule has 0 spiro atoms. The van der Waals surface area contributed by atoms with E-state index in [4.69, 9.17) is 5.10 Å². The molecule has 1 aliphatic rings. The first-order chi connectivity index (χ1) is 19.2. The number of aromatic nitrogens is 3. The number of rotatable bonds is 7. The Hall–Kier alpha value is -4.32. The van der Waals surface area contributed by atoms with E-state index < -0.39 is 11.6 Å². The number of nitrogens with zero attached hydrogens (tertiary/aromatic N) is 4. The van der Waals surface area contributed by atoms with Crippen molar-refractivity contribution in [2.45, 2.75) is 24.6 Å². The second kappa shape index (κ2) is 11.2. The molecule has 1 aliphatic heterocycles. The Morgan fingerprint density at radius 2 is 1.36 bits per heavy atom. The van der Waals surface area contributed by atoms with E-state index in [2.05, 4.69) is 107 Å². The van der Waals surface area contributed by atoms with Crippen LogP contribution in [0.3, 0.4) is 0 Å². The van der Waals surface area contributed by atoms with E-state index in [1.165, 1.54) is 16.7 Å². The van der Waals surface area contributed by atoms with Crippen LogP contribution in [0.2, 0.25) is 0 Å². The number of likely N-dealkylation sites (tertiary alicyclic amines) is 1.